The van der Waals surface area contributed by atoms with E-state index in [9.17, 15) is 22.4 Å². The summed E-state index contributed by atoms with van der Waals surface area (Å²) in [6.07, 6.45) is 0. The van der Waals surface area contributed by atoms with Gasteiger partial charge in [-0.15, -0.1) is 0 Å². The maximum absolute atomic E-state index is 13.4. The van der Waals surface area contributed by atoms with Gasteiger partial charge in [-0.1, -0.05) is 23.8 Å². The zero-order valence-corrected chi connectivity index (χ0v) is 11.8. The second-order valence-corrected chi connectivity index (χ2v) is 4.83. The van der Waals surface area contributed by atoms with Crippen LogP contribution in [-0.4, -0.2) is 12.4 Å². The van der Waals surface area contributed by atoms with Gasteiger partial charge in [0, 0.05) is 11.6 Å². The topological polar surface area (TPSA) is 26.3 Å². The summed E-state index contributed by atoms with van der Waals surface area (Å²) in [5.41, 5.74) is 1.92. The molecule has 0 fully saturated rings. The molecule has 0 saturated carbocycles. The van der Waals surface area contributed by atoms with E-state index < -0.39 is 41.4 Å². The first-order chi connectivity index (χ1) is 10.3. The van der Waals surface area contributed by atoms with E-state index in [0.717, 1.165) is 5.56 Å². The Labute approximate surface area is 124 Å². The first-order valence-corrected chi connectivity index (χ1v) is 6.37. The standard InChI is InChI=1S/C16H12F4O2/c1-8-3-4-10(9(2)5-8)13(21)7-22-16-14(19)11(17)6-12(18)15(16)20/h3-6H,7H2,1-2H3. The van der Waals surface area contributed by atoms with Crippen LogP contribution in [0.25, 0.3) is 0 Å². The average Bonchev–Trinajstić information content (AvgIpc) is 2.45. The summed E-state index contributed by atoms with van der Waals surface area (Å²) >= 11 is 0. The van der Waals surface area contributed by atoms with Gasteiger partial charge in [0.15, 0.2) is 29.8 Å². The molecular formula is C16H12F4O2. The highest BCUT2D eigenvalue weighted by atomic mass is 19.2. The molecule has 0 N–H and O–H groups in total. The molecule has 0 aliphatic rings. The van der Waals surface area contributed by atoms with Crippen LogP contribution in [0.5, 0.6) is 5.75 Å². The van der Waals surface area contributed by atoms with Gasteiger partial charge in [0.1, 0.15) is 0 Å². The van der Waals surface area contributed by atoms with Crippen LogP contribution in [0.15, 0.2) is 24.3 Å². The molecule has 2 rings (SSSR count). The number of carbonyl (C=O) groups is 1. The van der Waals surface area contributed by atoms with Crippen LogP contribution in [0.2, 0.25) is 0 Å². The number of hydrogen-bond acceptors (Lipinski definition) is 2. The molecule has 6 heteroatoms. The number of ketones is 1. The lowest BCUT2D eigenvalue weighted by atomic mass is 10.0. The molecule has 0 bridgehead atoms. The third-order valence-corrected chi connectivity index (χ3v) is 3.10. The molecule has 0 radical (unpaired) electrons. The Kier molecular flexibility index (Phi) is 4.49. The quantitative estimate of drug-likeness (QED) is 0.482. The molecule has 0 aromatic heterocycles. The van der Waals surface area contributed by atoms with Crippen LogP contribution in [0, 0.1) is 37.1 Å². The van der Waals surface area contributed by atoms with E-state index in [1.165, 1.54) is 0 Å². The van der Waals surface area contributed by atoms with Gasteiger partial charge in [0.2, 0.25) is 11.6 Å². The molecule has 22 heavy (non-hydrogen) atoms. The molecule has 0 amide bonds. The van der Waals surface area contributed by atoms with Crippen molar-refractivity contribution in [2.75, 3.05) is 6.61 Å². The largest absolute Gasteiger partial charge is 0.479 e. The highest BCUT2D eigenvalue weighted by molar-refractivity contribution is 5.98. The lowest BCUT2D eigenvalue weighted by molar-refractivity contribution is 0.0913. The number of aryl methyl sites for hydroxylation is 2. The zero-order valence-electron chi connectivity index (χ0n) is 11.8. The predicted molar refractivity (Wildman–Crippen MR) is 72.0 cm³/mol. The smallest absolute Gasteiger partial charge is 0.203 e. The fourth-order valence-electron chi connectivity index (χ4n) is 2.02. The summed E-state index contributed by atoms with van der Waals surface area (Å²) in [4.78, 5) is 12.0. The molecule has 0 atom stereocenters. The first-order valence-electron chi connectivity index (χ1n) is 6.37. The summed E-state index contributed by atoms with van der Waals surface area (Å²) in [5, 5.41) is 0. The third-order valence-electron chi connectivity index (χ3n) is 3.10. The van der Waals surface area contributed by atoms with Crippen LogP contribution in [0.3, 0.4) is 0 Å². The number of ether oxygens (including phenoxy) is 1. The third kappa shape index (κ3) is 3.10. The normalized spacial score (nSPS) is 10.6. The molecule has 0 heterocycles. The van der Waals surface area contributed by atoms with Crippen LogP contribution in [-0.2, 0) is 0 Å². The molecule has 116 valence electrons. The molecule has 0 spiro atoms. The Morgan fingerprint density at radius 2 is 1.59 bits per heavy atom. The molecule has 0 unspecified atom stereocenters. The van der Waals surface area contributed by atoms with Gasteiger partial charge in [-0.25, -0.2) is 8.78 Å². The second-order valence-electron chi connectivity index (χ2n) is 4.83. The Bertz CT molecular complexity index is 715. The Morgan fingerprint density at radius 1 is 1.00 bits per heavy atom. The number of carbonyl (C=O) groups excluding carboxylic acids is 1. The fraction of sp³-hybridized carbons (Fsp3) is 0.188. The molecule has 0 aliphatic carbocycles. The monoisotopic (exact) mass is 312 g/mol. The minimum absolute atomic E-state index is 0.0729. The van der Waals surface area contributed by atoms with Crippen molar-refractivity contribution < 1.29 is 27.1 Å². The van der Waals surface area contributed by atoms with Crippen LogP contribution in [0.4, 0.5) is 17.6 Å². The highest BCUT2D eigenvalue weighted by Crippen LogP contribution is 2.26. The van der Waals surface area contributed by atoms with Crippen molar-refractivity contribution in [3.05, 3.63) is 64.2 Å². The SMILES string of the molecule is Cc1ccc(C(=O)COc2c(F)c(F)cc(F)c2F)c(C)c1. The van der Waals surface area contributed by atoms with Crippen LogP contribution >= 0.6 is 0 Å². The van der Waals surface area contributed by atoms with Gasteiger partial charge < -0.3 is 4.74 Å². The first kappa shape index (κ1) is 16.0. The van der Waals surface area contributed by atoms with Gasteiger partial charge in [-0.2, -0.15) is 8.78 Å². The van der Waals surface area contributed by atoms with Gasteiger partial charge in [0.25, 0.3) is 0 Å². The van der Waals surface area contributed by atoms with Crippen molar-refractivity contribution >= 4 is 5.78 Å². The van der Waals surface area contributed by atoms with Crippen molar-refractivity contribution in [1.82, 2.24) is 0 Å². The maximum atomic E-state index is 13.4. The van der Waals surface area contributed by atoms with E-state index in [2.05, 4.69) is 4.74 Å². The number of benzene rings is 2. The van der Waals surface area contributed by atoms with Gasteiger partial charge in [0.05, 0.1) is 0 Å². The van der Waals surface area contributed by atoms with Crippen molar-refractivity contribution in [1.29, 1.82) is 0 Å². The van der Waals surface area contributed by atoms with E-state index in [1.54, 1.807) is 25.1 Å². The molecule has 2 nitrogen and oxygen atoms in total. The molecular weight excluding hydrogens is 300 g/mol. The average molecular weight is 312 g/mol. The summed E-state index contributed by atoms with van der Waals surface area (Å²) in [5.74, 6) is -8.32. The minimum atomic E-state index is -1.67. The van der Waals surface area contributed by atoms with E-state index in [4.69, 9.17) is 0 Å². The molecule has 0 saturated heterocycles. The minimum Gasteiger partial charge on any atom is -0.479 e. The Morgan fingerprint density at radius 3 is 2.14 bits per heavy atom. The number of Topliss-reactive ketones (excluding diaryl/α,β-unsaturated/α-hetero) is 1. The van der Waals surface area contributed by atoms with Gasteiger partial charge in [-0.05, 0) is 19.4 Å². The number of hydrogen-bond donors (Lipinski definition) is 0. The van der Waals surface area contributed by atoms with Crippen LogP contribution in [0.1, 0.15) is 21.5 Å². The fourth-order valence-corrected chi connectivity index (χ4v) is 2.02. The Hall–Kier alpha value is -2.37. The maximum Gasteiger partial charge on any atom is 0.203 e. The van der Waals surface area contributed by atoms with Crippen molar-refractivity contribution in [2.24, 2.45) is 0 Å². The zero-order chi connectivity index (χ0) is 16.4. The van der Waals surface area contributed by atoms with E-state index in [-0.39, 0.29) is 6.07 Å². The Balaban J connectivity index is 2.22. The second kappa shape index (κ2) is 6.17. The van der Waals surface area contributed by atoms with Gasteiger partial charge in [-0.3, -0.25) is 4.79 Å². The lowest BCUT2D eigenvalue weighted by Gasteiger charge is -2.10. The lowest BCUT2D eigenvalue weighted by Crippen LogP contribution is -2.15. The van der Waals surface area contributed by atoms with Crippen molar-refractivity contribution in [3.63, 3.8) is 0 Å². The molecule has 2 aromatic rings. The number of rotatable bonds is 4. The van der Waals surface area contributed by atoms with Crippen LogP contribution < -0.4 is 4.74 Å². The predicted octanol–water partition coefficient (Wildman–Crippen LogP) is 4.12. The van der Waals surface area contributed by atoms with Crippen molar-refractivity contribution in [2.45, 2.75) is 13.8 Å². The number of halogens is 4. The molecule has 0 aliphatic heterocycles. The van der Waals surface area contributed by atoms with E-state index >= 15 is 0 Å². The summed E-state index contributed by atoms with van der Waals surface area (Å²) in [7, 11) is 0. The van der Waals surface area contributed by atoms with E-state index in [1.807, 2.05) is 6.92 Å². The summed E-state index contributed by atoms with van der Waals surface area (Å²) in [6.45, 7) is 2.81. The summed E-state index contributed by atoms with van der Waals surface area (Å²) in [6, 6.07) is 5.08. The van der Waals surface area contributed by atoms with E-state index in [0.29, 0.717) is 11.1 Å². The highest BCUT2D eigenvalue weighted by Gasteiger charge is 2.21. The van der Waals surface area contributed by atoms with Gasteiger partial charge >= 0.3 is 0 Å². The van der Waals surface area contributed by atoms with Crippen molar-refractivity contribution in [3.8, 4) is 5.75 Å². The molecule has 2 aromatic carbocycles. The summed E-state index contributed by atoms with van der Waals surface area (Å²) < 4.78 is 57.5.